The van der Waals surface area contributed by atoms with Crippen molar-refractivity contribution < 1.29 is 4.76 Å². The van der Waals surface area contributed by atoms with Crippen LogP contribution in [-0.4, -0.2) is 11.3 Å². The first-order valence-electron chi connectivity index (χ1n) is 4.56. The maximum absolute atomic E-state index is 11.3. The van der Waals surface area contributed by atoms with Crippen LogP contribution in [0, 0.1) is 4.91 Å². The molecule has 0 saturated carbocycles. The molecule has 1 aromatic rings. The monoisotopic (exact) mass is 177 g/mol. The molecule has 1 aromatic carbocycles. The second-order valence-electron chi connectivity index (χ2n) is 3.47. The Morgan fingerprint density at radius 3 is 2.54 bits per heavy atom. The number of rotatable bonds is 1. The zero-order chi connectivity index (χ0) is 9.26. The molecule has 68 valence electrons. The molecule has 1 aliphatic rings. The van der Waals surface area contributed by atoms with Gasteiger partial charge in [0.15, 0.2) is 6.54 Å². The van der Waals surface area contributed by atoms with Crippen molar-refractivity contribution in [2.45, 2.75) is 18.9 Å². The number of hydrogen-bond acceptors (Lipinski definition) is 2. The predicted molar refractivity (Wildman–Crippen MR) is 51.3 cm³/mol. The fourth-order valence-electron chi connectivity index (χ4n) is 1.79. The van der Waals surface area contributed by atoms with Crippen molar-refractivity contribution in [3.8, 4) is 0 Å². The van der Waals surface area contributed by atoms with Crippen LogP contribution in [0.1, 0.15) is 24.4 Å². The number of nitrogens with zero attached hydrogens (tertiary/aromatic N) is 1. The quantitative estimate of drug-likeness (QED) is 0.526. The SMILES string of the molecule is Nc1ccc(C2CCC[N+]2=O)cc1. The summed E-state index contributed by atoms with van der Waals surface area (Å²) in [5, 5.41) is 0. The van der Waals surface area contributed by atoms with Gasteiger partial charge in [0.2, 0.25) is 6.04 Å². The van der Waals surface area contributed by atoms with Crippen LogP contribution in [0.5, 0.6) is 0 Å². The summed E-state index contributed by atoms with van der Waals surface area (Å²) < 4.78 is 1.16. The van der Waals surface area contributed by atoms with Crippen molar-refractivity contribution in [3.05, 3.63) is 34.7 Å². The fourth-order valence-corrected chi connectivity index (χ4v) is 1.79. The molecule has 1 unspecified atom stereocenters. The third-order valence-electron chi connectivity index (χ3n) is 2.52. The van der Waals surface area contributed by atoms with E-state index in [9.17, 15) is 4.91 Å². The second-order valence-corrected chi connectivity index (χ2v) is 3.47. The number of nitrogens with two attached hydrogens (primary N) is 1. The Kier molecular flexibility index (Phi) is 2.00. The first-order valence-corrected chi connectivity index (χ1v) is 4.56. The van der Waals surface area contributed by atoms with Crippen molar-refractivity contribution >= 4 is 5.69 Å². The molecular weight excluding hydrogens is 164 g/mol. The minimum atomic E-state index is 0.0561. The van der Waals surface area contributed by atoms with Gasteiger partial charge in [-0.05, 0) is 12.1 Å². The van der Waals surface area contributed by atoms with Crippen molar-refractivity contribution in [3.63, 3.8) is 0 Å². The summed E-state index contributed by atoms with van der Waals surface area (Å²) in [6.07, 6.45) is 1.96. The molecule has 0 amide bonds. The first-order chi connectivity index (χ1) is 6.27. The highest BCUT2D eigenvalue weighted by atomic mass is 16.3. The number of hydrogen-bond donors (Lipinski definition) is 1. The maximum Gasteiger partial charge on any atom is 0.226 e. The topological polar surface area (TPSA) is 46.1 Å². The van der Waals surface area contributed by atoms with E-state index in [1.165, 1.54) is 0 Å². The molecule has 0 radical (unpaired) electrons. The molecule has 0 aromatic heterocycles. The standard InChI is InChI=1S/C10H13N2O/c11-9-5-3-8(4-6-9)10-2-1-7-12(10)13/h3-6,10H,1-2,7,11H2/q+1. The zero-order valence-electron chi connectivity index (χ0n) is 7.44. The van der Waals surface area contributed by atoms with Gasteiger partial charge in [0.25, 0.3) is 0 Å². The largest absolute Gasteiger partial charge is 0.399 e. The molecule has 0 bridgehead atoms. The van der Waals surface area contributed by atoms with Gasteiger partial charge in [-0.3, -0.25) is 0 Å². The summed E-state index contributed by atoms with van der Waals surface area (Å²) in [6, 6.07) is 7.63. The van der Waals surface area contributed by atoms with Crippen LogP contribution in [0.4, 0.5) is 5.69 Å². The minimum absolute atomic E-state index is 0.0561. The van der Waals surface area contributed by atoms with Crippen LogP contribution >= 0.6 is 0 Å². The average Bonchev–Trinajstić information content (AvgIpc) is 2.53. The van der Waals surface area contributed by atoms with E-state index in [-0.39, 0.29) is 6.04 Å². The van der Waals surface area contributed by atoms with Gasteiger partial charge in [0, 0.05) is 33.8 Å². The fraction of sp³-hybridized carbons (Fsp3) is 0.400. The van der Waals surface area contributed by atoms with Gasteiger partial charge in [-0.1, -0.05) is 12.1 Å². The van der Waals surface area contributed by atoms with Crippen LogP contribution in [0.15, 0.2) is 24.3 Å². The second kappa shape index (κ2) is 3.17. The van der Waals surface area contributed by atoms with Gasteiger partial charge >= 0.3 is 0 Å². The molecule has 1 aliphatic heterocycles. The zero-order valence-corrected chi connectivity index (χ0v) is 7.44. The smallest absolute Gasteiger partial charge is 0.226 e. The minimum Gasteiger partial charge on any atom is -0.399 e. The van der Waals surface area contributed by atoms with Gasteiger partial charge in [-0.25, -0.2) is 0 Å². The molecule has 1 heterocycles. The van der Waals surface area contributed by atoms with E-state index in [1.807, 2.05) is 24.3 Å². The van der Waals surface area contributed by atoms with Gasteiger partial charge in [-0.2, -0.15) is 0 Å². The summed E-state index contributed by atoms with van der Waals surface area (Å²) in [5.41, 5.74) is 7.40. The van der Waals surface area contributed by atoms with Crippen molar-refractivity contribution in [1.29, 1.82) is 0 Å². The third-order valence-corrected chi connectivity index (χ3v) is 2.52. The number of nitroso groups, excluding NO2 is 1. The lowest BCUT2D eigenvalue weighted by atomic mass is 10.1. The highest BCUT2D eigenvalue weighted by Gasteiger charge is 2.32. The summed E-state index contributed by atoms with van der Waals surface area (Å²) in [4.78, 5) is 11.3. The number of benzene rings is 1. The van der Waals surface area contributed by atoms with Crippen LogP contribution in [0.25, 0.3) is 0 Å². The number of anilines is 1. The molecule has 1 saturated heterocycles. The van der Waals surface area contributed by atoms with Crippen LogP contribution in [0.2, 0.25) is 0 Å². The summed E-state index contributed by atoms with van der Waals surface area (Å²) in [6.45, 7) is 0.662. The molecular formula is C10H13N2O+. The van der Waals surface area contributed by atoms with E-state index < -0.39 is 0 Å². The van der Waals surface area contributed by atoms with E-state index in [4.69, 9.17) is 5.73 Å². The summed E-state index contributed by atoms with van der Waals surface area (Å²) >= 11 is 0. The van der Waals surface area contributed by atoms with E-state index in [0.717, 1.165) is 28.9 Å². The molecule has 2 N–H and O–H groups in total. The lowest BCUT2D eigenvalue weighted by molar-refractivity contribution is -0.570. The molecule has 2 rings (SSSR count). The maximum atomic E-state index is 11.3. The Morgan fingerprint density at radius 2 is 2.00 bits per heavy atom. The Balaban J connectivity index is 2.25. The lowest BCUT2D eigenvalue weighted by Crippen LogP contribution is -2.07. The third kappa shape index (κ3) is 1.54. The molecule has 0 aliphatic carbocycles. The van der Waals surface area contributed by atoms with Crippen LogP contribution in [0.3, 0.4) is 0 Å². The lowest BCUT2D eigenvalue weighted by Gasteiger charge is -2.01. The van der Waals surface area contributed by atoms with Crippen molar-refractivity contribution in [1.82, 2.24) is 0 Å². The Bertz CT molecular complexity index is 318. The summed E-state index contributed by atoms with van der Waals surface area (Å²) in [5.74, 6) is 0. The molecule has 3 nitrogen and oxygen atoms in total. The van der Waals surface area contributed by atoms with Gasteiger partial charge in [0.1, 0.15) is 0 Å². The summed E-state index contributed by atoms with van der Waals surface area (Å²) in [7, 11) is 0. The molecule has 1 fully saturated rings. The van der Waals surface area contributed by atoms with Gasteiger partial charge < -0.3 is 5.73 Å². The number of nitrogen functional groups attached to an aromatic ring is 1. The van der Waals surface area contributed by atoms with Gasteiger partial charge in [0.05, 0.1) is 0 Å². The van der Waals surface area contributed by atoms with E-state index in [1.54, 1.807) is 0 Å². The highest BCUT2D eigenvalue weighted by molar-refractivity contribution is 5.39. The normalized spacial score (nSPS) is 22.2. The molecule has 1 atom stereocenters. The van der Waals surface area contributed by atoms with Crippen molar-refractivity contribution in [2.24, 2.45) is 0 Å². The predicted octanol–water partition coefficient (Wildman–Crippen LogP) is 1.88. The molecule has 0 spiro atoms. The Hall–Kier alpha value is -1.38. The van der Waals surface area contributed by atoms with Crippen LogP contribution in [-0.2, 0) is 0 Å². The average molecular weight is 177 g/mol. The Morgan fingerprint density at radius 1 is 1.31 bits per heavy atom. The molecule has 3 heteroatoms. The highest BCUT2D eigenvalue weighted by Crippen LogP contribution is 2.27. The van der Waals surface area contributed by atoms with E-state index in [2.05, 4.69) is 0 Å². The van der Waals surface area contributed by atoms with E-state index >= 15 is 0 Å². The van der Waals surface area contributed by atoms with Gasteiger partial charge in [-0.15, -0.1) is 0 Å². The van der Waals surface area contributed by atoms with E-state index in [0.29, 0.717) is 6.54 Å². The molecule has 13 heavy (non-hydrogen) atoms. The Labute approximate surface area is 77.1 Å². The first kappa shape index (κ1) is 8.23. The van der Waals surface area contributed by atoms with Crippen LogP contribution < -0.4 is 5.73 Å². The van der Waals surface area contributed by atoms with Crippen molar-refractivity contribution in [2.75, 3.05) is 12.3 Å².